The fourth-order valence-corrected chi connectivity index (χ4v) is 3.51. The van der Waals surface area contributed by atoms with Gasteiger partial charge in [0.05, 0.1) is 20.3 Å². The van der Waals surface area contributed by atoms with E-state index in [-0.39, 0.29) is 12.1 Å². The van der Waals surface area contributed by atoms with Crippen molar-refractivity contribution in [2.75, 3.05) is 20.8 Å². The number of nitrogens with zero attached hydrogens (tertiary/aromatic N) is 1. The van der Waals surface area contributed by atoms with Crippen molar-refractivity contribution >= 4 is 0 Å². The number of hydrogen-bond donors (Lipinski definition) is 1. The van der Waals surface area contributed by atoms with Crippen molar-refractivity contribution in [1.29, 1.82) is 0 Å². The van der Waals surface area contributed by atoms with Gasteiger partial charge in [0.25, 0.3) is 0 Å². The maximum atomic E-state index is 6.54. The number of methoxy groups -OCH3 is 2. The third kappa shape index (κ3) is 3.01. The van der Waals surface area contributed by atoms with Crippen molar-refractivity contribution in [2.24, 2.45) is 5.73 Å². The molecule has 2 aliphatic rings. The predicted molar refractivity (Wildman–Crippen MR) is 83.8 cm³/mol. The van der Waals surface area contributed by atoms with E-state index in [1.54, 1.807) is 14.2 Å². The fourth-order valence-electron chi connectivity index (χ4n) is 3.51. The van der Waals surface area contributed by atoms with Gasteiger partial charge in [-0.3, -0.25) is 4.90 Å². The van der Waals surface area contributed by atoms with Crippen LogP contribution in [0.5, 0.6) is 11.5 Å². The lowest BCUT2D eigenvalue weighted by molar-refractivity contribution is 0.172. The summed E-state index contributed by atoms with van der Waals surface area (Å²) in [4.78, 5) is 2.61. The van der Waals surface area contributed by atoms with Gasteiger partial charge in [-0.25, -0.2) is 0 Å². The SMILES string of the molecule is COc1ccc(OC)c(C2C(N)CCCCN2C2CC2)c1. The zero-order valence-electron chi connectivity index (χ0n) is 13.0. The van der Waals surface area contributed by atoms with E-state index >= 15 is 0 Å². The lowest BCUT2D eigenvalue weighted by Gasteiger charge is -2.34. The van der Waals surface area contributed by atoms with Gasteiger partial charge in [-0.15, -0.1) is 0 Å². The molecule has 4 nitrogen and oxygen atoms in total. The molecule has 116 valence electrons. The maximum absolute atomic E-state index is 6.54. The Morgan fingerprint density at radius 1 is 1.10 bits per heavy atom. The van der Waals surface area contributed by atoms with Gasteiger partial charge in [-0.05, 0) is 50.4 Å². The van der Waals surface area contributed by atoms with Crippen LogP contribution in [0.4, 0.5) is 0 Å². The highest BCUT2D eigenvalue weighted by Gasteiger charge is 2.39. The molecule has 2 unspecified atom stereocenters. The zero-order valence-corrected chi connectivity index (χ0v) is 13.0. The van der Waals surface area contributed by atoms with Crippen LogP contribution in [0.25, 0.3) is 0 Å². The molecule has 2 N–H and O–H groups in total. The summed E-state index contributed by atoms with van der Waals surface area (Å²) in [6, 6.07) is 7.15. The molecule has 2 atom stereocenters. The monoisotopic (exact) mass is 290 g/mol. The minimum atomic E-state index is 0.161. The minimum absolute atomic E-state index is 0.161. The fraction of sp³-hybridized carbons (Fsp3) is 0.647. The summed E-state index contributed by atoms with van der Waals surface area (Å²) >= 11 is 0. The zero-order chi connectivity index (χ0) is 14.8. The number of rotatable bonds is 4. The molecule has 1 saturated heterocycles. The van der Waals surface area contributed by atoms with Gasteiger partial charge in [0.15, 0.2) is 0 Å². The Morgan fingerprint density at radius 2 is 1.90 bits per heavy atom. The molecule has 1 aliphatic heterocycles. The average Bonchev–Trinajstić information content (AvgIpc) is 3.34. The Balaban J connectivity index is 2.00. The number of ether oxygens (including phenoxy) is 2. The average molecular weight is 290 g/mol. The summed E-state index contributed by atoms with van der Waals surface area (Å²) in [7, 11) is 3.44. The Morgan fingerprint density at radius 3 is 2.57 bits per heavy atom. The first kappa shape index (κ1) is 14.7. The first-order valence-electron chi connectivity index (χ1n) is 7.98. The minimum Gasteiger partial charge on any atom is -0.497 e. The number of hydrogen-bond acceptors (Lipinski definition) is 4. The molecule has 0 spiro atoms. The highest BCUT2D eigenvalue weighted by molar-refractivity contribution is 5.43. The molecule has 4 heteroatoms. The molecule has 0 radical (unpaired) electrons. The van der Waals surface area contributed by atoms with Crippen LogP contribution < -0.4 is 15.2 Å². The molecule has 2 fully saturated rings. The molecule has 1 saturated carbocycles. The van der Waals surface area contributed by atoms with E-state index < -0.39 is 0 Å². The van der Waals surface area contributed by atoms with Crippen LogP contribution in [-0.2, 0) is 0 Å². The standard InChI is InChI=1S/C17H26N2O2/c1-20-13-8-9-16(21-2)14(11-13)17-15(18)5-3-4-10-19(17)12-6-7-12/h8-9,11-12,15,17H,3-7,10,18H2,1-2H3. The molecule has 0 bridgehead atoms. The van der Waals surface area contributed by atoms with Gasteiger partial charge in [-0.2, -0.15) is 0 Å². The third-order valence-corrected chi connectivity index (χ3v) is 4.74. The van der Waals surface area contributed by atoms with Crippen LogP contribution in [0.1, 0.15) is 43.7 Å². The van der Waals surface area contributed by atoms with Crippen LogP contribution >= 0.6 is 0 Å². The maximum Gasteiger partial charge on any atom is 0.123 e. The van der Waals surface area contributed by atoms with Gasteiger partial charge < -0.3 is 15.2 Å². The second-order valence-corrected chi connectivity index (χ2v) is 6.18. The molecule has 1 aliphatic carbocycles. The number of nitrogens with two attached hydrogens (primary N) is 1. The molecule has 1 aromatic carbocycles. The summed E-state index contributed by atoms with van der Waals surface area (Å²) in [5, 5.41) is 0. The van der Waals surface area contributed by atoms with E-state index in [1.807, 2.05) is 12.1 Å². The second-order valence-electron chi connectivity index (χ2n) is 6.18. The largest absolute Gasteiger partial charge is 0.497 e. The van der Waals surface area contributed by atoms with Crippen molar-refractivity contribution in [1.82, 2.24) is 4.90 Å². The Bertz CT molecular complexity index is 488. The van der Waals surface area contributed by atoms with Gasteiger partial charge in [0.1, 0.15) is 11.5 Å². The van der Waals surface area contributed by atoms with Crippen molar-refractivity contribution < 1.29 is 9.47 Å². The van der Waals surface area contributed by atoms with E-state index in [4.69, 9.17) is 15.2 Å². The number of likely N-dealkylation sites (tertiary alicyclic amines) is 1. The summed E-state index contributed by atoms with van der Waals surface area (Å²) in [5.41, 5.74) is 7.72. The molecule has 0 amide bonds. The predicted octanol–water partition coefficient (Wildman–Crippen LogP) is 2.72. The van der Waals surface area contributed by atoms with Gasteiger partial charge >= 0.3 is 0 Å². The Hall–Kier alpha value is -1.26. The van der Waals surface area contributed by atoms with Crippen molar-refractivity contribution in [3.8, 4) is 11.5 Å². The van der Waals surface area contributed by atoms with E-state index in [1.165, 1.54) is 31.2 Å². The smallest absolute Gasteiger partial charge is 0.123 e. The van der Waals surface area contributed by atoms with E-state index in [0.717, 1.165) is 24.5 Å². The molecule has 21 heavy (non-hydrogen) atoms. The van der Waals surface area contributed by atoms with Crippen molar-refractivity contribution in [3.05, 3.63) is 23.8 Å². The van der Waals surface area contributed by atoms with Crippen LogP contribution in [0.15, 0.2) is 18.2 Å². The Kier molecular flexibility index (Phi) is 4.36. The van der Waals surface area contributed by atoms with Crippen LogP contribution in [0, 0.1) is 0 Å². The molecule has 0 aromatic heterocycles. The normalized spacial score (nSPS) is 27.2. The van der Waals surface area contributed by atoms with Crippen LogP contribution in [0.3, 0.4) is 0 Å². The topological polar surface area (TPSA) is 47.7 Å². The molecule has 3 rings (SSSR count). The van der Waals surface area contributed by atoms with Gasteiger partial charge in [0.2, 0.25) is 0 Å². The molecular weight excluding hydrogens is 264 g/mol. The van der Waals surface area contributed by atoms with Gasteiger partial charge in [-0.1, -0.05) is 6.42 Å². The van der Waals surface area contributed by atoms with E-state index in [0.29, 0.717) is 6.04 Å². The van der Waals surface area contributed by atoms with E-state index in [2.05, 4.69) is 11.0 Å². The quantitative estimate of drug-likeness (QED) is 0.926. The van der Waals surface area contributed by atoms with Crippen molar-refractivity contribution in [3.63, 3.8) is 0 Å². The van der Waals surface area contributed by atoms with E-state index in [9.17, 15) is 0 Å². The highest BCUT2D eigenvalue weighted by Crippen LogP contribution is 2.42. The lowest BCUT2D eigenvalue weighted by Crippen LogP contribution is -2.41. The summed E-state index contributed by atoms with van der Waals surface area (Å²) in [6.07, 6.45) is 6.14. The second kappa shape index (κ2) is 6.24. The van der Waals surface area contributed by atoms with Crippen LogP contribution in [0.2, 0.25) is 0 Å². The summed E-state index contributed by atoms with van der Waals surface area (Å²) in [6.45, 7) is 1.14. The third-order valence-electron chi connectivity index (χ3n) is 4.74. The van der Waals surface area contributed by atoms with Crippen LogP contribution in [-0.4, -0.2) is 37.7 Å². The lowest BCUT2D eigenvalue weighted by atomic mass is 9.95. The summed E-state index contributed by atoms with van der Waals surface area (Å²) in [5.74, 6) is 1.79. The highest BCUT2D eigenvalue weighted by atomic mass is 16.5. The molecular formula is C17H26N2O2. The number of benzene rings is 1. The first-order chi connectivity index (χ1) is 10.2. The molecule has 1 heterocycles. The van der Waals surface area contributed by atoms with Gasteiger partial charge in [0, 0.05) is 17.6 Å². The van der Waals surface area contributed by atoms with Crippen molar-refractivity contribution in [2.45, 2.75) is 50.2 Å². The molecule has 1 aromatic rings. The summed E-state index contributed by atoms with van der Waals surface area (Å²) < 4.78 is 11.0. The first-order valence-corrected chi connectivity index (χ1v) is 7.98. The Labute approximate surface area is 127 Å².